The SMILES string of the molecule is CC(NC(=O)C(C)(C)CCl)C1CCOC1. The van der Waals surface area contributed by atoms with Crippen LogP contribution in [0.1, 0.15) is 27.2 Å². The highest BCUT2D eigenvalue weighted by Gasteiger charge is 2.30. The van der Waals surface area contributed by atoms with E-state index in [9.17, 15) is 4.79 Å². The van der Waals surface area contributed by atoms with Crippen LogP contribution in [0.2, 0.25) is 0 Å². The molecule has 0 saturated carbocycles. The van der Waals surface area contributed by atoms with Crippen LogP contribution < -0.4 is 5.32 Å². The van der Waals surface area contributed by atoms with Crippen molar-refractivity contribution in [2.45, 2.75) is 33.2 Å². The van der Waals surface area contributed by atoms with Crippen molar-refractivity contribution in [1.82, 2.24) is 5.32 Å². The molecule has 1 aliphatic rings. The summed E-state index contributed by atoms with van der Waals surface area (Å²) in [6.07, 6.45) is 1.03. The average molecular weight is 234 g/mol. The molecule has 0 radical (unpaired) electrons. The Labute approximate surface area is 96.5 Å². The molecule has 4 heteroatoms. The van der Waals surface area contributed by atoms with Crippen molar-refractivity contribution in [3.63, 3.8) is 0 Å². The lowest BCUT2D eigenvalue weighted by molar-refractivity contribution is -0.129. The Hall–Kier alpha value is -0.280. The summed E-state index contributed by atoms with van der Waals surface area (Å²) in [6.45, 7) is 7.30. The minimum absolute atomic E-state index is 0.0249. The summed E-state index contributed by atoms with van der Waals surface area (Å²) < 4.78 is 5.29. The van der Waals surface area contributed by atoms with Crippen LogP contribution in [-0.2, 0) is 9.53 Å². The molecule has 88 valence electrons. The molecule has 1 fully saturated rings. The molecule has 3 nitrogen and oxygen atoms in total. The lowest BCUT2D eigenvalue weighted by Gasteiger charge is -2.26. The third-order valence-corrected chi connectivity index (χ3v) is 3.65. The number of nitrogens with one attached hydrogen (secondary N) is 1. The molecule has 1 aliphatic heterocycles. The van der Waals surface area contributed by atoms with Crippen molar-refractivity contribution in [1.29, 1.82) is 0 Å². The third kappa shape index (κ3) is 3.35. The van der Waals surface area contributed by atoms with Crippen LogP contribution in [0, 0.1) is 11.3 Å². The molecule has 1 amide bonds. The maximum Gasteiger partial charge on any atom is 0.227 e. The standard InChI is InChI=1S/C11H20ClNO2/c1-8(9-4-5-15-6-9)13-10(14)11(2,3)7-12/h8-9H,4-7H2,1-3H3,(H,13,14). The number of carbonyl (C=O) groups excluding carboxylic acids is 1. The van der Waals surface area contributed by atoms with E-state index in [1.807, 2.05) is 20.8 Å². The minimum atomic E-state index is -0.491. The van der Waals surface area contributed by atoms with Crippen molar-refractivity contribution in [2.75, 3.05) is 19.1 Å². The van der Waals surface area contributed by atoms with Crippen LogP contribution in [0.4, 0.5) is 0 Å². The largest absolute Gasteiger partial charge is 0.381 e. The van der Waals surface area contributed by atoms with Gasteiger partial charge in [-0.3, -0.25) is 4.79 Å². The van der Waals surface area contributed by atoms with Crippen LogP contribution >= 0.6 is 11.6 Å². The van der Waals surface area contributed by atoms with Crippen LogP contribution in [-0.4, -0.2) is 31.0 Å². The highest BCUT2D eigenvalue weighted by molar-refractivity contribution is 6.19. The normalized spacial score (nSPS) is 23.9. The van der Waals surface area contributed by atoms with Crippen molar-refractivity contribution in [3.05, 3.63) is 0 Å². The first kappa shape index (κ1) is 12.8. The van der Waals surface area contributed by atoms with Gasteiger partial charge in [-0.05, 0) is 27.2 Å². The zero-order valence-electron chi connectivity index (χ0n) is 9.68. The molecule has 0 spiro atoms. The Balaban J connectivity index is 2.43. The fourth-order valence-electron chi connectivity index (χ4n) is 1.53. The van der Waals surface area contributed by atoms with Gasteiger partial charge in [-0.1, -0.05) is 0 Å². The lowest BCUT2D eigenvalue weighted by Crippen LogP contribution is -2.45. The van der Waals surface area contributed by atoms with Gasteiger partial charge in [0.25, 0.3) is 0 Å². The summed E-state index contributed by atoms with van der Waals surface area (Å²) in [6, 6.07) is 0.169. The minimum Gasteiger partial charge on any atom is -0.381 e. The zero-order chi connectivity index (χ0) is 11.5. The van der Waals surface area contributed by atoms with Crippen LogP contribution in [0.5, 0.6) is 0 Å². The molecule has 2 unspecified atom stereocenters. The summed E-state index contributed by atoms with van der Waals surface area (Å²) in [5.41, 5.74) is -0.491. The first-order valence-corrected chi connectivity index (χ1v) is 5.95. The fourth-order valence-corrected chi connectivity index (χ4v) is 1.65. The van der Waals surface area contributed by atoms with Gasteiger partial charge in [-0.25, -0.2) is 0 Å². The molecule has 1 saturated heterocycles. The maximum absolute atomic E-state index is 11.8. The molecule has 15 heavy (non-hydrogen) atoms. The molecular weight excluding hydrogens is 214 g/mol. The molecule has 1 heterocycles. The van der Waals surface area contributed by atoms with Gasteiger partial charge in [0.2, 0.25) is 5.91 Å². The third-order valence-electron chi connectivity index (χ3n) is 2.98. The van der Waals surface area contributed by atoms with Crippen LogP contribution in [0.15, 0.2) is 0 Å². The van der Waals surface area contributed by atoms with E-state index in [2.05, 4.69) is 5.32 Å². The summed E-state index contributed by atoms with van der Waals surface area (Å²) in [4.78, 5) is 11.8. The Kier molecular flexibility index (Phi) is 4.41. The smallest absolute Gasteiger partial charge is 0.227 e. The summed E-state index contributed by atoms with van der Waals surface area (Å²) in [5.74, 6) is 0.809. The number of halogens is 1. The highest BCUT2D eigenvalue weighted by atomic mass is 35.5. The Morgan fingerprint density at radius 1 is 1.67 bits per heavy atom. The topological polar surface area (TPSA) is 38.3 Å². The van der Waals surface area contributed by atoms with E-state index in [-0.39, 0.29) is 11.9 Å². The van der Waals surface area contributed by atoms with Gasteiger partial charge in [0.15, 0.2) is 0 Å². The molecule has 1 N–H and O–H groups in total. The quantitative estimate of drug-likeness (QED) is 0.752. The Morgan fingerprint density at radius 3 is 2.80 bits per heavy atom. The van der Waals surface area contributed by atoms with Crippen molar-refractivity contribution >= 4 is 17.5 Å². The Bertz CT molecular complexity index is 225. The van der Waals surface area contributed by atoms with E-state index in [0.717, 1.165) is 19.6 Å². The summed E-state index contributed by atoms with van der Waals surface area (Å²) in [7, 11) is 0. The molecule has 1 rings (SSSR count). The van der Waals surface area contributed by atoms with Gasteiger partial charge in [0.05, 0.1) is 12.0 Å². The van der Waals surface area contributed by atoms with Crippen molar-refractivity contribution < 1.29 is 9.53 Å². The van der Waals surface area contributed by atoms with E-state index in [1.165, 1.54) is 0 Å². The molecule has 0 aromatic rings. The van der Waals surface area contributed by atoms with Gasteiger partial charge in [0.1, 0.15) is 0 Å². The zero-order valence-corrected chi connectivity index (χ0v) is 10.4. The van der Waals surface area contributed by atoms with E-state index < -0.39 is 5.41 Å². The van der Waals surface area contributed by atoms with E-state index in [4.69, 9.17) is 16.3 Å². The van der Waals surface area contributed by atoms with E-state index in [1.54, 1.807) is 0 Å². The second-order valence-electron chi connectivity index (χ2n) is 4.90. The molecule has 0 aromatic carbocycles. The highest BCUT2D eigenvalue weighted by Crippen LogP contribution is 2.20. The second-order valence-corrected chi connectivity index (χ2v) is 5.17. The average Bonchev–Trinajstić information content (AvgIpc) is 2.70. The first-order valence-electron chi connectivity index (χ1n) is 5.42. The molecule has 0 aliphatic carbocycles. The number of alkyl halides is 1. The van der Waals surface area contributed by atoms with Crippen molar-refractivity contribution in [2.24, 2.45) is 11.3 Å². The van der Waals surface area contributed by atoms with Gasteiger partial charge in [-0.2, -0.15) is 0 Å². The van der Waals surface area contributed by atoms with Gasteiger partial charge in [0, 0.05) is 24.4 Å². The molecule has 2 atom stereocenters. The first-order chi connectivity index (χ1) is 6.97. The van der Waals surface area contributed by atoms with Crippen LogP contribution in [0.25, 0.3) is 0 Å². The van der Waals surface area contributed by atoms with Gasteiger partial charge >= 0.3 is 0 Å². The number of amides is 1. The molecule has 0 aromatic heterocycles. The van der Waals surface area contributed by atoms with E-state index >= 15 is 0 Å². The lowest BCUT2D eigenvalue weighted by atomic mass is 9.93. The van der Waals surface area contributed by atoms with E-state index in [0.29, 0.717) is 11.8 Å². The predicted molar refractivity (Wildman–Crippen MR) is 61.0 cm³/mol. The number of rotatable bonds is 4. The predicted octanol–water partition coefficient (Wildman–Crippen LogP) is 1.79. The van der Waals surface area contributed by atoms with Crippen molar-refractivity contribution in [3.8, 4) is 0 Å². The van der Waals surface area contributed by atoms with Crippen LogP contribution in [0.3, 0.4) is 0 Å². The molecular formula is C11H20ClNO2. The number of hydrogen-bond donors (Lipinski definition) is 1. The number of ether oxygens (including phenoxy) is 1. The fraction of sp³-hybridized carbons (Fsp3) is 0.909. The second kappa shape index (κ2) is 5.17. The summed E-state index contributed by atoms with van der Waals surface area (Å²) >= 11 is 5.75. The number of carbonyl (C=O) groups is 1. The summed E-state index contributed by atoms with van der Waals surface area (Å²) in [5, 5.41) is 3.01. The Morgan fingerprint density at radius 2 is 2.33 bits per heavy atom. The maximum atomic E-state index is 11.8. The van der Waals surface area contributed by atoms with Gasteiger partial charge < -0.3 is 10.1 Å². The van der Waals surface area contributed by atoms with Gasteiger partial charge in [-0.15, -0.1) is 11.6 Å². The number of hydrogen-bond acceptors (Lipinski definition) is 2. The molecule has 0 bridgehead atoms. The monoisotopic (exact) mass is 233 g/mol.